The van der Waals surface area contributed by atoms with E-state index in [2.05, 4.69) is 5.32 Å². The maximum atomic E-state index is 12.8. The number of carbonyl (C=O) groups is 1. The monoisotopic (exact) mass is 305 g/mol. The molecule has 5 nitrogen and oxygen atoms in total. The highest BCUT2D eigenvalue weighted by molar-refractivity contribution is 5.64. The number of carboxylic acid groups (broad SMARTS) is 1. The van der Waals surface area contributed by atoms with Crippen LogP contribution in [0.1, 0.15) is 6.42 Å². The van der Waals surface area contributed by atoms with Gasteiger partial charge in [0.2, 0.25) is 0 Å². The van der Waals surface area contributed by atoms with Gasteiger partial charge in [0.25, 0.3) is 0 Å². The average Bonchev–Trinajstić information content (AvgIpc) is 2.50. The first kappa shape index (κ1) is 15.6. The zero-order valence-electron chi connectivity index (χ0n) is 11.8. The minimum absolute atomic E-state index is 0.312. The van der Waals surface area contributed by atoms with Crippen LogP contribution >= 0.6 is 0 Å². The van der Waals surface area contributed by atoms with E-state index < -0.39 is 6.09 Å². The highest BCUT2D eigenvalue weighted by atomic mass is 19.1. The molecule has 22 heavy (non-hydrogen) atoms. The summed E-state index contributed by atoms with van der Waals surface area (Å²) in [7, 11) is 0. The van der Waals surface area contributed by atoms with Crippen molar-refractivity contribution in [2.75, 3.05) is 13.2 Å². The normalized spacial score (nSPS) is 10.0. The maximum Gasteiger partial charge on any atom is 0.404 e. The number of rotatable bonds is 7. The zero-order valence-corrected chi connectivity index (χ0v) is 11.8. The number of hydrogen-bond donors (Lipinski definition) is 2. The van der Waals surface area contributed by atoms with Crippen LogP contribution in [-0.2, 0) is 0 Å². The van der Waals surface area contributed by atoms with Gasteiger partial charge in [-0.05, 0) is 55.0 Å². The molecule has 0 radical (unpaired) electrons. The van der Waals surface area contributed by atoms with Crippen LogP contribution in [0, 0.1) is 5.82 Å². The van der Waals surface area contributed by atoms with Crippen LogP contribution in [0.5, 0.6) is 17.2 Å². The van der Waals surface area contributed by atoms with Crippen LogP contribution in [0.2, 0.25) is 0 Å². The third kappa shape index (κ3) is 5.32. The van der Waals surface area contributed by atoms with Gasteiger partial charge in [0.15, 0.2) is 0 Å². The number of halogens is 1. The van der Waals surface area contributed by atoms with Gasteiger partial charge in [-0.15, -0.1) is 0 Å². The average molecular weight is 305 g/mol. The second-order valence-corrected chi connectivity index (χ2v) is 4.46. The second-order valence-electron chi connectivity index (χ2n) is 4.46. The summed E-state index contributed by atoms with van der Waals surface area (Å²) in [5.41, 5.74) is 0. The quantitative estimate of drug-likeness (QED) is 0.766. The molecule has 0 bridgehead atoms. The molecule has 1 amide bonds. The van der Waals surface area contributed by atoms with Gasteiger partial charge in [-0.1, -0.05) is 0 Å². The molecule has 6 heteroatoms. The number of benzene rings is 2. The first-order valence-corrected chi connectivity index (χ1v) is 6.76. The van der Waals surface area contributed by atoms with Gasteiger partial charge in [-0.3, -0.25) is 0 Å². The van der Waals surface area contributed by atoms with Crippen LogP contribution in [0.25, 0.3) is 0 Å². The Balaban J connectivity index is 1.77. The fourth-order valence-electron chi connectivity index (χ4n) is 1.70. The molecule has 2 aromatic carbocycles. The smallest absolute Gasteiger partial charge is 0.404 e. The van der Waals surface area contributed by atoms with Gasteiger partial charge in [-0.25, -0.2) is 9.18 Å². The van der Waals surface area contributed by atoms with E-state index in [0.717, 1.165) is 0 Å². The van der Waals surface area contributed by atoms with Gasteiger partial charge in [0, 0.05) is 6.54 Å². The molecule has 0 fully saturated rings. The first-order valence-electron chi connectivity index (χ1n) is 6.76. The lowest BCUT2D eigenvalue weighted by Crippen LogP contribution is -2.23. The lowest BCUT2D eigenvalue weighted by molar-refractivity contribution is 0.193. The largest absolute Gasteiger partial charge is 0.494 e. The van der Waals surface area contributed by atoms with Crippen LogP contribution in [0.15, 0.2) is 48.5 Å². The lowest BCUT2D eigenvalue weighted by atomic mass is 10.3. The lowest BCUT2D eigenvalue weighted by Gasteiger charge is -2.08. The van der Waals surface area contributed by atoms with Crippen LogP contribution in [0.3, 0.4) is 0 Å². The minimum atomic E-state index is -1.04. The van der Waals surface area contributed by atoms with Crippen LogP contribution in [-0.4, -0.2) is 24.4 Å². The number of nitrogens with one attached hydrogen (secondary N) is 1. The summed E-state index contributed by atoms with van der Waals surface area (Å²) in [5, 5.41) is 10.7. The SMILES string of the molecule is O=C(O)NCCCOc1ccc(Oc2ccc(F)cc2)cc1. The molecule has 2 N–H and O–H groups in total. The maximum absolute atomic E-state index is 12.8. The van der Waals surface area contributed by atoms with Crippen LogP contribution in [0.4, 0.5) is 9.18 Å². The van der Waals surface area contributed by atoms with Crippen molar-refractivity contribution >= 4 is 6.09 Å². The van der Waals surface area contributed by atoms with Gasteiger partial charge < -0.3 is 19.9 Å². The van der Waals surface area contributed by atoms with Crippen molar-refractivity contribution in [3.8, 4) is 17.2 Å². The van der Waals surface area contributed by atoms with Crippen molar-refractivity contribution in [2.24, 2.45) is 0 Å². The van der Waals surface area contributed by atoms with Gasteiger partial charge >= 0.3 is 6.09 Å². The zero-order chi connectivity index (χ0) is 15.8. The molecule has 116 valence electrons. The summed E-state index contributed by atoms with van der Waals surface area (Å²) in [5.74, 6) is 1.52. The Morgan fingerprint density at radius 3 is 2.14 bits per heavy atom. The summed E-state index contributed by atoms with van der Waals surface area (Å²) in [4.78, 5) is 10.3. The van der Waals surface area contributed by atoms with E-state index in [1.54, 1.807) is 36.4 Å². The third-order valence-corrected chi connectivity index (χ3v) is 2.74. The fourth-order valence-corrected chi connectivity index (χ4v) is 1.70. The van der Waals surface area contributed by atoms with E-state index in [9.17, 15) is 9.18 Å². The predicted molar refractivity (Wildman–Crippen MR) is 79.1 cm³/mol. The highest BCUT2D eigenvalue weighted by Gasteiger charge is 2.00. The molecule has 0 saturated carbocycles. The molecule has 0 aliphatic carbocycles. The summed E-state index contributed by atoms with van der Waals surface area (Å²) in [6.07, 6.45) is -0.456. The summed E-state index contributed by atoms with van der Waals surface area (Å²) < 4.78 is 23.8. The molecule has 0 unspecified atom stereocenters. The van der Waals surface area contributed by atoms with Gasteiger partial charge in [0.05, 0.1) is 6.61 Å². The standard InChI is InChI=1S/C16H16FNO4/c17-12-2-4-14(5-3-12)22-15-8-6-13(7-9-15)21-11-1-10-18-16(19)20/h2-9,18H,1,10-11H2,(H,19,20). The molecular formula is C16H16FNO4. The van der Waals surface area contributed by atoms with E-state index in [-0.39, 0.29) is 5.82 Å². The molecule has 2 aromatic rings. The molecule has 0 spiro atoms. The topological polar surface area (TPSA) is 67.8 Å². The Hall–Kier alpha value is -2.76. The van der Waals surface area contributed by atoms with Crippen LogP contribution < -0.4 is 14.8 Å². The molecule has 0 aromatic heterocycles. The van der Waals surface area contributed by atoms with Crippen molar-refractivity contribution in [3.05, 3.63) is 54.3 Å². The number of amides is 1. The molecular weight excluding hydrogens is 289 g/mol. The molecule has 0 aliphatic heterocycles. The Morgan fingerprint density at radius 2 is 1.55 bits per heavy atom. The van der Waals surface area contributed by atoms with Crippen molar-refractivity contribution < 1.29 is 23.8 Å². The minimum Gasteiger partial charge on any atom is -0.494 e. The summed E-state index contributed by atoms with van der Waals surface area (Å²) in [6.45, 7) is 0.763. The van der Waals surface area contributed by atoms with Crippen molar-refractivity contribution in [2.45, 2.75) is 6.42 Å². The third-order valence-electron chi connectivity index (χ3n) is 2.74. The van der Waals surface area contributed by atoms with Crippen molar-refractivity contribution in [1.29, 1.82) is 0 Å². The Bertz CT molecular complexity index is 599. The molecule has 2 rings (SSSR count). The summed E-state index contributed by atoms with van der Waals surface area (Å²) in [6, 6.07) is 12.8. The first-order chi connectivity index (χ1) is 10.6. The molecule has 0 saturated heterocycles. The summed E-state index contributed by atoms with van der Waals surface area (Å²) >= 11 is 0. The van der Waals surface area contributed by atoms with Crippen molar-refractivity contribution in [3.63, 3.8) is 0 Å². The fraction of sp³-hybridized carbons (Fsp3) is 0.188. The Morgan fingerprint density at radius 1 is 1.00 bits per heavy atom. The van der Waals surface area contributed by atoms with Gasteiger partial charge in [0.1, 0.15) is 23.1 Å². The molecule has 0 aliphatic rings. The Kier molecular flexibility index (Phi) is 5.59. The second kappa shape index (κ2) is 7.87. The highest BCUT2D eigenvalue weighted by Crippen LogP contribution is 2.23. The van der Waals surface area contributed by atoms with Gasteiger partial charge in [-0.2, -0.15) is 0 Å². The van der Waals surface area contributed by atoms with E-state index in [1.807, 2.05) is 0 Å². The molecule has 0 atom stereocenters. The van der Waals surface area contributed by atoms with E-state index >= 15 is 0 Å². The predicted octanol–water partition coefficient (Wildman–Crippen LogP) is 3.65. The van der Waals surface area contributed by atoms with Crippen molar-refractivity contribution in [1.82, 2.24) is 5.32 Å². The van der Waals surface area contributed by atoms with E-state index in [4.69, 9.17) is 14.6 Å². The van der Waals surface area contributed by atoms with E-state index in [1.165, 1.54) is 12.1 Å². The molecule has 0 heterocycles. The Labute approximate surface area is 127 Å². The number of ether oxygens (including phenoxy) is 2. The number of hydrogen-bond acceptors (Lipinski definition) is 3. The van der Waals surface area contributed by atoms with E-state index in [0.29, 0.717) is 36.8 Å².